The first-order valence-corrected chi connectivity index (χ1v) is 8.00. The van der Waals surface area contributed by atoms with Gasteiger partial charge in [-0.3, -0.25) is 0 Å². The van der Waals surface area contributed by atoms with Gasteiger partial charge in [0, 0.05) is 32.4 Å². The van der Waals surface area contributed by atoms with Crippen molar-refractivity contribution in [3.05, 3.63) is 41.1 Å². The molecular formula is C18H24N4O. The molecule has 0 amide bonds. The Kier molecular flexibility index (Phi) is 4.37. The number of methoxy groups -OCH3 is 1. The molecule has 0 atom stereocenters. The standard InChI is InChI=1S/C18H24N4O/c1-12-9-17(22(2)3)21-18(20-12)19-11-14-10-15(23-4)7-8-16(14)13-5-6-13/h7-10,13H,5-6,11H2,1-4H3,(H,19,20,21). The highest BCUT2D eigenvalue weighted by Crippen LogP contribution is 2.42. The SMILES string of the molecule is COc1ccc(C2CC2)c(CNc2nc(C)cc(N(C)C)n2)c1. The minimum atomic E-state index is 0.665. The summed E-state index contributed by atoms with van der Waals surface area (Å²) in [5.74, 6) is 3.17. The molecule has 2 aromatic rings. The molecule has 0 aliphatic heterocycles. The van der Waals surface area contributed by atoms with Crippen molar-refractivity contribution in [1.29, 1.82) is 0 Å². The fourth-order valence-corrected chi connectivity index (χ4v) is 2.69. The molecule has 1 aromatic carbocycles. The Bertz CT molecular complexity index is 695. The molecule has 1 saturated carbocycles. The summed E-state index contributed by atoms with van der Waals surface area (Å²) in [5.41, 5.74) is 3.64. The Hall–Kier alpha value is -2.30. The van der Waals surface area contributed by atoms with Crippen molar-refractivity contribution in [3.63, 3.8) is 0 Å². The number of rotatable bonds is 6. The molecule has 5 heteroatoms. The maximum absolute atomic E-state index is 5.37. The molecule has 1 aliphatic rings. The molecule has 23 heavy (non-hydrogen) atoms. The van der Waals surface area contributed by atoms with Crippen LogP contribution in [-0.2, 0) is 6.54 Å². The maximum Gasteiger partial charge on any atom is 0.225 e. The molecule has 0 unspecified atom stereocenters. The van der Waals surface area contributed by atoms with Crippen molar-refractivity contribution in [3.8, 4) is 5.75 Å². The number of benzene rings is 1. The van der Waals surface area contributed by atoms with E-state index in [-0.39, 0.29) is 0 Å². The molecular weight excluding hydrogens is 288 g/mol. The summed E-state index contributed by atoms with van der Waals surface area (Å²) in [6, 6.07) is 8.33. The molecule has 1 heterocycles. The van der Waals surface area contributed by atoms with Crippen LogP contribution in [0, 0.1) is 6.92 Å². The van der Waals surface area contributed by atoms with E-state index < -0.39 is 0 Å². The van der Waals surface area contributed by atoms with Crippen molar-refractivity contribution < 1.29 is 4.74 Å². The number of nitrogens with one attached hydrogen (secondary N) is 1. The van der Waals surface area contributed by atoms with Gasteiger partial charge in [0.25, 0.3) is 0 Å². The smallest absolute Gasteiger partial charge is 0.225 e. The third-order valence-electron chi connectivity index (χ3n) is 4.10. The average molecular weight is 312 g/mol. The van der Waals surface area contributed by atoms with E-state index in [1.807, 2.05) is 38.1 Å². The average Bonchev–Trinajstić information content (AvgIpc) is 3.37. The number of ether oxygens (including phenoxy) is 1. The largest absolute Gasteiger partial charge is 0.497 e. The van der Waals surface area contributed by atoms with Gasteiger partial charge in [0.05, 0.1) is 7.11 Å². The van der Waals surface area contributed by atoms with Crippen LogP contribution in [0.2, 0.25) is 0 Å². The number of nitrogens with zero attached hydrogens (tertiary/aromatic N) is 3. The number of aryl methyl sites for hydroxylation is 1. The Morgan fingerprint density at radius 2 is 2.00 bits per heavy atom. The van der Waals surface area contributed by atoms with E-state index in [2.05, 4.69) is 27.4 Å². The van der Waals surface area contributed by atoms with Crippen LogP contribution in [-0.4, -0.2) is 31.2 Å². The van der Waals surface area contributed by atoms with Gasteiger partial charge < -0.3 is 15.0 Å². The summed E-state index contributed by atoms with van der Waals surface area (Å²) in [7, 11) is 5.67. The lowest BCUT2D eigenvalue weighted by atomic mass is 10.0. The van der Waals surface area contributed by atoms with Gasteiger partial charge in [0.15, 0.2) is 0 Å². The molecule has 0 radical (unpaired) electrons. The fourth-order valence-electron chi connectivity index (χ4n) is 2.69. The van der Waals surface area contributed by atoms with E-state index >= 15 is 0 Å². The number of anilines is 2. The van der Waals surface area contributed by atoms with Crippen molar-refractivity contribution in [2.45, 2.75) is 32.2 Å². The highest BCUT2D eigenvalue weighted by Gasteiger charge is 2.26. The molecule has 1 aromatic heterocycles. The van der Waals surface area contributed by atoms with Crippen LogP contribution in [0.5, 0.6) is 5.75 Å². The summed E-state index contributed by atoms with van der Waals surface area (Å²) >= 11 is 0. The summed E-state index contributed by atoms with van der Waals surface area (Å²) in [6.45, 7) is 2.69. The minimum absolute atomic E-state index is 0.665. The maximum atomic E-state index is 5.37. The topological polar surface area (TPSA) is 50.3 Å². The fraction of sp³-hybridized carbons (Fsp3) is 0.444. The van der Waals surface area contributed by atoms with E-state index in [1.165, 1.54) is 24.0 Å². The van der Waals surface area contributed by atoms with E-state index in [0.717, 1.165) is 17.3 Å². The Labute approximate surface area is 137 Å². The number of hydrogen-bond acceptors (Lipinski definition) is 5. The van der Waals surface area contributed by atoms with Gasteiger partial charge in [-0.15, -0.1) is 0 Å². The summed E-state index contributed by atoms with van der Waals surface area (Å²) in [4.78, 5) is 11.0. The predicted octanol–water partition coefficient (Wildman–Crippen LogP) is 3.35. The zero-order valence-corrected chi connectivity index (χ0v) is 14.3. The van der Waals surface area contributed by atoms with Gasteiger partial charge in [-0.2, -0.15) is 4.98 Å². The number of aromatic nitrogens is 2. The highest BCUT2D eigenvalue weighted by molar-refractivity contribution is 5.45. The normalized spacial score (nSPS) is 13.7. The van der Waals surface area contributed by atoms with Crippen LogP contribution in [0.3, 0.4) is 0 Å². The lowest BCUT2D eigenvalue weighted by molar-refractivity contribution is 0.414. The monoisotopic (exact) mass is 312 g/mol. The third-order valence-corrected chi connectivity index (χ3v) is 4.10. The van der Waals surface area contributed by atoms with Gasteiger partial charge in [-0.05, 0) is 48.9 Å². The first-order chi connectivity index (χ1) is 11.1. The highest BCUT2D eigenvalue weighted by atomic mass is 16.5. The second-order valence-corrected chi connectivity index (χ2v) is 6.28. The molecule has 1 fully saturated rings. The number of hydrogen-bond donors (Lipinski definition) is 1. The first-order valence-electron chi connectivity index (χ1n) is 8.00. The predicted molar refractivity (Wildman–Crippen MR) is 93.4 cm³/mol. The third kappa shape index (κ3) is 3.73. The van der Waals surface area contributed by atoms with Crippen LogP contribution >= 0.6 is 0 Å². The molecule has 0 bridgehead atoms. The molecule has 1 aliphatic carbocycles. The lowest BCUT2D eigenvalue weighted by Gasteiger charge is -2.15. The molecule has 3 rings (SSSR count). The Morgan fingerprint density at radius 1 is 1.22 bits per heavy atom. The van der Waals surface area contributed by atoms with Crippen molar-refractivity contribution in [2.24, 2.45) is 0 Å². The molecule has 0 spiro atoms. The Morgan fingerprint density at radius 3 is 2.65 bits per heavy atom. The van der Waals surface area contributed by atoms with Gasteiger partial charge in [0.1, 0.15) is 11.6 Å². The first kappa shape index (κ1) is 15.6. The van der Waals surface area contributed by atoms with E-state index in [9.17, 15) is 0 Å². The minimum Gasteiger partial charge on any atom is -0.497 e. The summed E-state index contributed by atoms with van der Waals surface area (Å²) in [6.07, 6.45) is 2.57. The summed E-state index contributed by atoms with van der Waals surface area (Å²) in [5, 5.41) is 3.37. The second kappa shape index (κ2) is 6.44. The zero-order valence-electron chi connectivity index (χ0n) is 14.3. The van der Waals surface area contributed by atoms with E-state index in [0.29, 0.717) is 18.4 Å². The van der Waals surface area contributed by atoms with Crippen molar-refractivity contribution in [2.75, 3.05) is 31.4 Å². The van der Waals surface area contributed by atoms with Crippen LogP contribution in [0.15, 0.2) is 24.3 Å². The second-order valence-electron chi connectivity index (χ2n) is 6.28. The summed E-state index contributed by atoms with van der Waals surface area (Å²) < 4.78 is 5.37. The quantitative estimate of drug-likeness (QED) is 0.886. The molecule has 5 nitrogen and oxygen atoms in total. The zero-order chi connectivity index (χ0) is 16.4. The van der Waals surface area contributed by atoms with E-state index in [4.69, 9.17) is 4.74 Å². The van der Waals surface area contributed by atoms with Crippen LogP contribution in [0.1, 0.15) is 35.6 Å². The van der Waals surface area contributed by atoms with Gasteiger partial charge in [-0.25, -0.2) is 4.98 Å². The van der Waals surface area contributed by atoms with Crippen molar-refractivity contribution in [1.82, 2.24) is 9.97 Å². The lowest BCUT2D eigenvalue weighted by Crippen LogP contribution is -2.14. The molecule has 122 valence electrons. The Balaban J connectivity index is 1.80. The van der Waals surface area contributed by atoms with Gasteiger partial charge in [0.2, 0.25) is 5.95 Å². The van der Waals surface area contributed by atoms with Crippen LogP contribution in [0.4, 0.5) is 11.8 Å². The molecule has 0 saturated heterocycles. The van der Waals surface area contributed by atoms with Gasteiger partial charge in [-0.1, -0.05) is 6.07 Å². The van der Waals surface area contributed by atoms with E-state index in [1.54, 1.807) is 7.11 Å². The van der Waals surface area contributed by atoms with Crippen LogP contribution in [0.25, 0.3) is 0 Å². The van der Waals surface area contributed by atoms with Crippen LogP contribution < -0.4 is 15.0 Å². The van der Waals surface area contributed by atoms with Gasteiger partial charge >= 0.3 is 0 Å². The van der Waals surface area contributed by atoms with Crippen molar-refractivity contribution >= 4 is 11.8 Å². The molecule has 1 N–H and O–H groups in total.